The van der Waals surface area contributed by atoms with Gasteiger partial charge in [0.1, 0.15) is 0 Å². The quantitative estimate of drug-likeness (QED) is 0.805. The van der Waals surface area contributed by atoms with E-state index in [0.29, 0.717) is 29.5 Å². The molecule has 25 heavy (non-hydrogen) atoms. The molecule has 2 aromatic rings. The van der Waals surface area contributed by atoms with Crippen LogP contribution in [0, 0.1) is 0 Å². The minimum atomic E-state index is -0.294. The molecule has 134 valence electrons. The molecule has 0 heterocycles. The van der Waals surface area contributed by atoms with Crippen LogP contribution < -0.4 is 24.8 Å². The van der Waals surface area contributed by atoms with Crippen LogP contribution in [0.1, 0.15) is 18.4 Å². The van der Waals surface area contributed by atoms with Gasteiger partial charge >= 0.3 is 6.03 Å². The highest BCUT2D eigenvalue weighted by Crippen LogP contribution is 2.39. The Hall–Kier alpha value is -2.89. The second-order valence-electron chi connectivity index (χ2n) is 5.56. The van der Waals surface area contributed by atoms with Crippen molar-refractivity contribution in [2.45, 2.75) is 12.8 Å². The molecule has 0 bridgehead atoms. The number of nitrogens with one attached hydrogen (secondary N) is 2. The Morgan fingerprint density at radius 2 is 1.60 bits per heavy atom. The van der Waals surface area contributed by atoms with Crippen LogP contribution in [0.5, 0.6) is 17.2 Å². The molecule has 2 aromatic carbocycles. The van der Waals surface area contributed by atoms with Crippen molar-refractivity contribution in [1.82, 2.24) is 5.32 Å². The van der Waals surface area contributed by atoms with Gasteiger partial charge in [-0.15, -0.1) is 0 Å². The number of benzene rings is 2. The molecule has 0 spiro atoms. The van der Waals surface area contributed by atoms with Gasteiger partial charge in [-0.05, 0) is 11.5 Å². The average molecular weight is 344 g/mol. The first-order valence-corrected chi connectivity index (χ1v) is 7.98. The maximum Gasteiger partial charge on any atom is 0.319 e. The van der Waals surface area contributed by atoms with E-state index < -0.39 is 0 Å². The van der Waals surface area contributed by atoms with Crippen molar-refractivity contribution in [3.63, 3.8) is 0 Å². The molecule has 2 N–H and O–H groups in total. The summed E-state index contributed by atoms with van der Waals surface area (Å²) >= 11 is 0. The zero-order valence-corrected chi connectivity index (χ0v) is 15.0. The highest BCUT2D eigenvalue weighted by atomic mass is 16.5. The Morgan fingerprint density at radius 1 is 1.00 bits per heavy atom. The topological polar surface area (TPSA) is 68.8 Å². The molecule has 6 heteroatoms. The molecule has 1 atom stereocenters. The van der Waals surface area contributed by atoms with Crippen LogP contribution in [-0.4, -0.2) is 33.9 Å². The lowest BCUT2D eigenvalue weighted by molar-refractivity contribution is 0.251. The van der Waals surface area contributed by atoms with Crippen LogP contribution in [0.4, 0.5) is 10.5 Å². The second-order valence-corrected chi connectivity index (χ2v) is 5.56. The van der Waals surface area contributed by atoms with Crippen LogP contribution in [0.25, 0.3) is 0 Å². The van der Waals surface area contributed by atoms with Gasteiger partial charge in [0.05, 0.1) is 27.0 Å². The summed E-state index contributed by atoms with van der Waals surface area (Å²) in [4.78, 5) is 12.2. The maximum absolute atomic E-state index is 12.2. The van der Waals surface area contributed by atoms with Crippen LogP contribution >= 0.6 is 0 Å². The number of ether oxygens (including phenoxy) is 3. The summed E-state index contributed by atoms with van der Waals surface area (Å²) in [5.41, 5.74) is 1.73. The zero-order chi connectivity index (χ0) is 18.2. The van der Waals surface area contributed by atoms with Gasteiger partial charge in [0.2, 0.25) is 5.75 Å². The van der Waals surface area contributed by atoms with E-state index in [4.69, 9.17) is 14.2 Å². The minimum absolute atomic E-state index is 0.215. The van der Waals surface area contributed by atoms with Crippen molar-refractivity contribution < 1.29 is 19.0 Å². The van der Waals surface area contributed by atoms with Crippen molar-refractivity contribution >= 4 is 11.7 Å². The SMILES string of the molecule is COc1cc(NC(=O)NC[C@@H](C)c2ccccc2)cc(OC)c1OC. The van der Waals surface area contributed by atoms with Gasteiger partial charge in [-0.1, -0.05) is 37.3 Å². The summed E-state index contributed by atoms with van der Waals surface area (Å²) in [6.07, 6.45) is 0. The summed E-state index contributed by atoms with van der Waals surface area (Å²) in [6.45, 7) is 2.59. The molecule has 2 amide bonds. The fourth-order valence-corrected chi connectivity index (χ4v) is 2.47. The fourth-order valence-electron chi connectivity index (χ4n) is 2.47. The molecule has 0 saturated heterocycles. The molecular formula is C19H24N2O4. The Morgan fingerprint density at radius 3 is 2.12 bits per heavy atom. The number of amides is 2. The van der Waals surface area contributed by atoms with E-state index in [0.717, 1.165) is 0 Å². The maximum atomic E-state index is 12.2. The molecule has 0 fully saturated rings. The standard InChI is InChI=1S/C19H24N2O4/c1-13(14-8-6-5-7-9-14)12-20-19(22)21-15-10-16(23-2)18(25-4)17(11-15)24-3/h5-11,13H,12H2,1-4H3,(H2,20,21,22)/t13-/m1/s1. The van der Waals surface area contributed by atoms with Crippen LogP contribution in [0.15, 0.2) is 42.5 Å². The second kappa shape index (κ2) is 8.82. The number of rotatable bonds is 7. The fraction of sp³-hybridized carbons (Fsp3) is 0.316. The number of carbonyl (C=O) groups excluding carboxylic acids is 1. The Bertz CT molecular complexity index is 679. The van der Waals surface area contributed by atoms with Crippen LogP contribution in [0.3, 0.4) is 0 Å². The van der Waals surface area contributed by atoms with E-state index in [2.05, 4.69) is 17.6 Å². The summed E-state index contributed by atoms with van der Waals surface area (Å²) in [5, 5.41) is 5.65. The molecular weight excluding hydrogens is 320 g/mol. The first kappa shape index (κ1) is 18.4. The van der Waals surface area contributed by atoms with Gasteiger partial charge in [0.15, 0.2) is 11.5 Å². The number of urea groups is 1. The lowest BCUT2D eigenvalue weighted by Crippen LogP contribution is -2.31. The predicted molar refractivity (Wildman–Crippen MR) is 98.0 cm³/mol. The van der Waals surface area contributed by atoms with Gasteiger partial charge in [0, 0.05) is 18.7 Å². The molecule has 6 nitrogen and oxygen atoms in total. The van der Waals surface area contributed by atoms with Crippen molar-refractivity contribution in [3.8, 4) is 17.2 Å². The molecule has 0 aliphatic carbocycles. The molecule has 0 aliphatic rings. The summed E-state index contributed by atoms with van der Waals surface area (Å²) in [7, 11) is 4.59. The summed E-state index contributed by atoms with van der Waals surface area (Å²) in [5.74, 6) is 1.66. The number of hydrogen-bond donors (Lipinski definition) is 2. The largest absolute Gasteiger partial charge is 0.493 e. The molecule has 2 rings (SSSR count). The third-order valence-electron chi connectivity index (χ3n) is 3.86. The number of methoxy groups -OCH3 is 3. The third-order valence-corrected chi connectivity index (χ3v) is 3.86. The molecule has 0 saturated carbocycles. The Kier molecular flexibility index (Phi) is 6.51. The number of carbonyl (C=O) groups is 1. The Balaban J connectivity index is 2.00. The zero-order valence-electron chi connectivity index (χ0n) is 15.0. The van der Waals surface area contributed by atoms with Crippen LogP contribution in [0.2, 0.25) is 0 Å². The van der Waals surface area contributed by atoms with Crippen molar-refractivity contribution in [3.05, 3.63) is 48.0 Å². The molecule has 0 unspecified atom stereocenters. The lowest BCUT2D eigenvalue weighted by Gasteiger charge is -2.16. The van der Waals surface area contributed by atoms with E-state index >= 15 is 0 Å². The Labute approximate surface area is 148 Å². The normalized spacial score (nSPS) is 11.4. The summed E-state index contributed by atoms with van der Waals surface area (Å²) < 4.78 is 15.8. The molecule has 0 aromatic heterocycles. The predicted octanol–water partition coefficient (Wildman–Crippen LogP) is 3.64. The molecule has 0 radical (unpaired) electrons. The smallest absolute Gasteiger partial charge is 0.319 e. The minimum Gasteiger partial charge on any atom is -0.493 e. The van der Waals surface area contributed by atoms with Crippen LogP contribution in [-0.2, 0) is 0 Å². The monoisotopic (exact) mass is 344 g/mol. The van der Waals surface area contributed by atoms with Crippen molar-refractivity contribution in [2.75, 3.05) is 33.2 Å². The van der Waals surface area contributed by atoms with Gasteiger partial charge < -0.3 is 24.8 Å². The van der Waals surface area contributed by atoms with Gasteiger partial charge in [-0.2, -0.15) is 0 Å². The first-order valence-electron chi connectivity index (χ1n) is 7.98. The summed E-state index contributed by atoms with van der Waals surface area (Å²) in [6, 6.07) is 13.1. The van der Waals surface area contributed by atoms with Gasteiger partial charge in [-0.3, -0.25) is 0 Å². The first-order chi connectivity index (χ1) is 12.1. The van der Waals surface area contributed by atoms with Gasteiger partial charge in [-0.25, -0.2) is 4.79 Å². The van der Waals surface area contributed by atoms with Crippen molar-refractivity contribution in [1.29, 1.82) is 0 Å². The van der Waals surface area contributed by atoms with E-state index in [1.165, 1.54) is 26.9 Å². The van der Waals surface area contributed by atoms with E-state index in [9.17, 15) is 4.79 Å². The highest BCUT2D eigenvalue weighted by Gasteiger charge is 2.15. The van der Waals surface area contributed by atoms with E-state index in [1.54, 1.807) is 12.1 Å². The van der Waals surface area contributed by atoms with E-state index in [-0.39, 0.29) is 11.9 Å². The highest BCUT2D eigenvalue weighted by molar-refractivity contribution is 5.90. The molecule has 0 aliphatic heterocycles. The van der Waals surface area contributed by atoms with Crippen molar-refractivity contribution in [2.24, 2.45) is 0 Å². The third kappa shape index (κ3) is 4.79. The lowest BCUT2D eigenvalue weighted by atomic mass is 10.0. The number of anilines is 1. The van der Waals surface area contributed by atoms with E-state index in [1.807, 2.05) is 30.3 Å². The van der Waals surface area contributed by atoms with Gasteiger partial charge in [0.25, 0.3) is 0 Å². The number of hydrogen-bond acceptors (Lipinski definition) is 4. The average Bonchev–Trinajstić information content (AvgIpc) is 2.65.